The quantitative estimate of drug-likeness (QED) is 0.483. The molecule has 34 heavy (non-hydrogen) atoms. The molecule has 7 nitrogen and oxygen atoms in total. The van der Waals surface area contributed by atoms with Crippen LogP contribution in [0.1, 0.15) is 22.5 Å². The van der Waals surface area contributed by atoms with Gasteiger partial charge in [0.05, 0.1) is 35.8 Å². The average molecular weight is 459 g/mol. The van der Waals surface area contributed by atoms with Gasteiger partial charge in [-0.2, -0.15) is 5.26 Å². The van der Waals surface area contributed by atoms with Crippen LogP contribution in [0.2, 0.25) is 0 Å². The molecule has 1 aliphatic heterocycles. The molecule has 1 aliphatic rings. The second-order valence-corrected chi connectivity index (χ2v) is 8.44. The van der Waals surface area contributed by atoms with E-state index in [2.05, 4.69) is 9.97 Å². The van der Waals surface area contributed by atoms with Crippen molar-refractivity contribution in [2.45, 2.75) is 24.8 Å². The topological polar surface area (TPSA) is 116 Å². The first-order valence-electron chi connectivity index (χ1n) is 10.6. The second kappa shape index (κ2) is 7.92. The SMILES string of the molecule is N#CC1CC(F)(F)CN1C(=O)Cc1cc(C(N)=O)c2cc(-c3ccc4[nH]ccc4c3)ccc2n1. The number of halogens is 2. The summed E-state index contributed by atoms with van der Waals surface area (Å²) in [5.41, 5.74) is 9.29. The fraction of sp³-hybridized carbons (Fsp3) is 0.200. The summed E-state index contributed by atoms with van der Waals surface area (Å²) in [7, 11) is 0. The maximum Gasteiger partial charge on any atom is 0.268 e. The normalized spacial score (nSPS) is 17.2. The Morgan fingerprint density at radius 1 is 1.18 bits per heavy atom. The van der Waals surface area contributed by atoms with E-state index in [4.69, 9.17) is 11.0 Å². The van der Waals surface area contributed by atoms with E-state index in [0.717, 1.165) is 26.9 Å². The van der Waals surface area contributed by atoms with Crippen molar-refractivity contribution in [1.82, 2.24) is 14.9 Å². The zero-order valence-electron chi connectivity index (χ0n) is 17.9. The van der Waals surface area contributed by atoms with Crippen molar-refractivity contribution in [3.63, 3.8) is 0 Å². The number of carbonyl (C=O) groups excluding carboxylic acids is 2. The molecule has 2 amide bonds. The third-order valence-electron chi connectivity index (χ3n) is 6.09. The second-order valence-electron chi connectivity index (χ2n) is 8.44. The summed E-state index contributed by atoms with van der Waals surface area (Å²) >= 11 is 0. The Bertz CT molecular complexity index is 1500. The molecule has 1 fully saturated rings. The summed E-state index contributed by atoms with van der Waals surface area (Å²) in [6.45, 7) is -0.810. The monoisotopic (exact) mass is 459 g/mol. The highest BCUT2D eigenvalue weighted by Crippen LogP contribution is 2.33. The van der Waals surface area contributed by atoms with Gasteiger partial charge in [0.2, 0.25) is 11.8 Å². The summed E-state index contributed by atoms with van der Waals surface area (Å²) in [4.78, 5) is 33.4. The number of fused-ring (bicyclic) bond motifs is 2. The third-order valence-corrected chi connectivity index (χ3v) is 6.09. The summed E-state index contributed by atoms with van der Waals surface area (Å²) in [6, 6.07) is 15.3. The predicted octanol–water partition coefficient (Wildman–Crippen LogP) is 3.78. The van der Waals surface area contributed by atoms with Crippen LogP contribution in [-0.2, 0) is 11.2 Å². The number of rotatable bonds is 4. The molecule has 3 N–H and O–H groups in total. The maximum absolute atomic E-state index is 13.7. The van der Waals surface area contributed by atoms with Gasteiger partial charge in [0.1, 0.15) is 6.04 Å². The van der Waals surface area contributed by atoms with Crippen LogP contribution in [0, 0.1) is 11.3 Å². The predicted molar refractivity (Wildman–Crippen MR) is 122 cm³/mol. The Morgan fingerprint density at radius 2 is 1.94 bits per heavy atom. The van der Waals surface area contributed by atoms with Gasteiger partial charge in [0, 0.05) is 23.5 Å². The zero-order valence-corrected chi connectivity index (χ0v) is 17.9. The Kier molecular flexibility index (Phi) is 5.01. The van der Waals surface area contributed by atoms with Crippen molar-refractivity contribution in [3.8, 4) is 17.2 Å². The Balaban J connectivity index is 1.50. The van der Waals surface area contributed by atoms with Gasteiger partial charge in [-0.25, -0.2) is 8.78 Å². The Morgan fingerprint density at radius 3 is 2.71 bits per heavy atom. The molecule has 4 aromatic rings. The van der Waals surface area contributed by atoms with E-state index < -0.39 is 36.7 Å². The van der Waals surface area contributed by atoms with Crippen LogP contribution in [0.25, 0.3) is 32.9 Å². The number of carbonyl (C=O) groups is 2. The minimum Gasteiger partial charge on any atom is -0.366 e. The van der Waals surface area contributed by atoms with Gasteiger partial charge in [-0.1, -0.05) is 12.1 Å². The summed E-state index contributed by atoms with van der Waals surface area (Å²) in [6.07, 6.45) is 0.843. The van der Waals surface area contributed by atoms with Crippen LogP contribution in [0.3, 0.4) is 0 Å². The largest absolute Gasteiger partial charge is 0.366 e. The molecule has 1 saturated heterocycles. The highest BCUT2D eigenvalue weighted by atomic mass is 19.3. The van der Waals surface area contributed by atoms with Crippen LogP contribution >= 0.6 is 0 Å². The highest BCUT2D eigenvalue weighted by molar-refractivity contribution is 6.06. The van der Waals surface area contributed by atoms with Gasteiger partial charge in [-0.3, -0.25) is 14.6 Å². The van der Waals surface area contributed by atoms with Gasteiger partial charge in [0.25, 0.3) is 5.92 Å². The van der Waals surface area contributed by atoms with Crippen LogP contribution in [0.5, 0.6) is 0 Å². The lowest BCUT2D eigenvalue weighted by molar-refractivity contribution is -0.131. The first-order chi connectivity index (χ1) is 16.2. The Hall–Kier alpha value is -4.32. The fourth-order valence-corrected chi connectivity index (χ4v) is 4.44. The molecule has 0 aliphatic carbocycles. The molecule has 0 spiro atoms. The molecular formula is C25H19F2N5O2. The standard InChI is InChI=1S/C25H19F2N5O2/c26-25(27)11-18(12-28)32(13-25)23(33)10-17-9-20(24(29)34)19-8-15(2-4-22(19)31-17)14-1-3-21-16(7-14)5-6-30-21/h1-9,18,30H,10-11,13H2,(H2,29,34). The third kappa shape index (κ3) is 3.83. The van der Waals surface area contributed by atoms with Crippen molar-refractivity contribution in [3.05, 3.63) is 66.0 Å². The number of H-pyrrole nitrogens is 1. The van der Waals surface area contributed by atoms with Crippen LogP contribution in [0.15, 0.2) is 54.7 Å². The molecule has 5 rings (SSSR count). The van der Waals surface area contributed by atoms with Gasteiger partial charge < -0.3 is 15.6 Å². The van der Waals surface area contributed by atoms with Crippen molar-refractivity contribution in [2.75, 3.05) is 6.54 Å². The van der Waals surface area contributed by atoms with Crippen molar-refractivity contribution in [1.29, 1.82) is 5.26 Å². The van der Waals surface area contributed by atoms with E-state index in [0.29, 0.717) is 10.9 Å². The summed E-state index contributed by atoms with van der Waals surface area (Å²) in [5, 5.41) is 10.7. The van der Waals surface area contributed by atoms with E-state index >= 15 is 0 Å². The number of nitrogens with zero attached hydrogens (tertiary/aromatic N) is 3. The maximum atomic E-state index is 13.7. The number of nitrogens with one attached hydrogen (secondary N) is 1. The van der Waals surface area contributed by atoms with E-state index in [1.165, 1.54) is 6.07 Å². The number of aromatic nitrogens is 2. The average Bonchev–Trinajstić information content (AvgIpc) is 3.40. The van der Waals surface area contributed by atoms with Crippen LogP contribution in [-0.4, -0.2) is 45.2 Å². The number of likely N-dealkylation sites (tertiary alicyclic amines) is 1. The lowest BCUT2D eigenvalue weighted by atomic mass is 9.98. The van der Waals surface area contributed by atoms with E-state index in [1.54, 1.807) is 12.1 Å². The van der Waals surface area contributed by atoms with Crippen molar-refractivity contribution in [2.24, 2.45) is 5.73 Å². The number of amides is 2. The van der Waals surface area contributed by atoms with E-state index in [-0.39, 0.29) is 17.7 Å². The highest BCUT2D eigenvalue weighted by Gasteiger charge is 2.47. The molecule has 9 heteroatoms. The first kappa shape index (κ1) is 21.5. The van der Waals surface area contributed by atoms with Gasteiger partial charge in [-0.05, 0) is 52.9 Å². The lowest BCUT2D eigenvalue weighted by Crippen LogP contribution is -2.37. The van der Waals surface area contributed by atoms with Gasteiger partial charge in [-0.15, -0.1) is 0 Å². The number of benzene rings is 2. The molecule has 0 radical (unpaired) electrons. The van der Waals surface area contributed by atoms with E-state index in [1.807, 2.05) is 42.6 Å². The number of hydrogen-bond donors (Lipinski definition) is 2. The fourth-order valence-electron chi connectivity index (χ4n) is 4.44. The number of pyridine rings is 1. The minimum atomic E-state index is -3.11. The van der Waals surface area contributed by atoms with E-state index in [9.17, 15) is 18.4 Å². The molecule has 1 unspecified atom stereocenters. The molecule has 170 valence electrons. The smallest absolute Gasteiger partial charge is 0.268 e. The number of alkyl halides is 2. The summed E-state index contributed by atoms with van der Waals surface area (Å²) in [5.74, 6) is -4.45. The molecule has 3 heterocycles. The zero-order chi connectivity index (χ0) is 24.0. The molecule has 2 aromatic carbocycles. The van der Waals surface area contributed by atoms with Gasteiger partial charge >= 0.3 is 0 Å². The van der Waals surface area contributed by atoms with Crippen molar-refractivity contribution < 1.29 is 18.4 Å². The van der Waals surface area contributed by atoms with Crippen LogP contribution in [0.4, 0.5) is 8.78 Å². The molecule has 0 saturated carbocycles. The summed E-state index contributed by atoms with van der Waals surface area (Å²) < 4.78 is 27.5. The number of nitriles is 1. The molecule has 2 aromatic heterocycles. The lowest BCUT2D eigenvalue weighted by Gasteiger charge is -2.19. The van der Waals surface area contributed by atoms with Crippen LogP contribution < -0.4 is 5.73 Å². The number of primary amides is 1. The number of aromatic amines is 1. The molecule has 1 atom stereocenters. The number of nitrogens with two attached hydrogens (primary N) is 1. The molecular weight excluding hydrogens is 440 g/mol. The van der Waals surface area contributed by atoms with Gasteiger partial charge in [0.15, 0.2) is 0 Å². The number of hydrogen-bond acceptors (Lipinski definition) is 4. The minimum absolute atomic E-state index is 0.181. The Labute approximate surface area is 192 Å². The van der Waals surface area contributed by atoms with Crippen molar-refractivity contribution >= 4 is 33.6 Å². The molecule has 0 bridgehead atoms. The first-order valence-corrected chi connectivity index (χ1v) is 10.6.